The van der Waals surface area contributed by atoms with Crippen LogP contribution < -0.4 is 4.74 Å². The Morgan fingerprint density at radius 1 is 1.00 bits per heavy atom. The number of hydrogen-bond donors (Lipinski definition) is 0. The van der Waals surface area contributed by atoms with E-state index in [0.717, 1.165) is 29.8 Å². The van der Waals surface area contributed by atoms with E-state index in [9.17, 15) is 0 Å². The van der Waals surface area contributed by atoms with Crippen molar-refractivity contribution in [3.63, 3.8) is 0 Å². The highest BCUT2D eigenvalue weighted by Crippen LogP contribution is 2.46. The summed E-state index contributed by atoms with van der Waals surface area (Å²) in [7, 11) is 0. The fourth-order valence-corrected chi connectivity index (χ4v) is 4.44. The van der Waals surface area contributed by atoms with Gasteiger partial charge in [-0.2, -0.15) is 0 Å². The third kappa shape index (κ3) is 3.01. The minimum atomic E-state index is -0.395. The lowest BCUT2D eigenvalue weighted by atomic mass is 9.92. The smallest absolute Gasteiger partial charge is 0.153 e. The number of ether oxygens (including phenoxy) is 1. The van der Waals surface area contributed by atoms with Crippen LogP contribution in [0.4, 0.5) is 5.69 Å². The average molecular weight is 377 g/mol. The van der Waals surface area contributed by atoms with Gasteiger partial charge in [-0.3, -0.25) is 4.99 Å². The van der Waals surface area contributed by atoms with Gasteiger partial charge in [0.2, 0.25) is 0 Å². The number of hydrogen-bond acceptors (Lipinski definition) is 2. The first-order valence-electron chi connectivity index (χ1n) is 10.0. The molecule has 0 saturated heterocycles. The monoisotopic (exact) mass is 377 g/mol. The van der Waals surface area contributed by atoms with Crippen LogP contribution in [0.25, 0.3) is 17.2 Å². The Morgan fingerprint density at radius 2 is 1.69 bits per heavy atom. The highest BCUT2D eigenvalue weighted by Gasteiger charge is 2.41. The van der Waals surface area contributed by atoms with Crippen LogP contribution in [0.3, 0.4) is 0 Å². The molecule has 2 heteroatoms. The lowest BCUT2D eigenvalue weighted by Crippen LogP contribution is -2.40. The summed E-state index contributed by atoms with van der Waals surface area (Å²) in [5, 5.41) is 0. The van der Waals surface area contributed by atoms with Crippen molar-refractivity contribution >= 4 is 18.0 Å². The maximum atomic E-state index is 6.73. The average Bonchev–Trinajstić information content (AvgIpc) is 3.11. The minimum absolute atomic E-state index is 0.395. The van der Waals surface area contributed by atoms with E-state index >= 15 is 0 Å². The Kier molecular flexibility index (Phi) is 4.21. The van der Waals surface area contributed by atoms with Gasteiger partial charge in [-0.1, -0.05) is 79.4 Å². The molecule has 0 fully saturated rings. The van der Waals surface area contributed by atoms with Gasteiger partial charge in [0.05, 0.1) is 0 Å². The molecule has 1 heterocycles. The number of benzene rings is 3. The molecule has 1 aliphatic heterocycles. The Labute approximate surface area is 171 Å². The normalized spacial score (nSPS) is 15.9. The third-order valence-electron chi connectivity index (χ3n) is 5.89. The quantitative estimate of drug-likeness (QED) is 0.478. The van der Waals surface area contributed by atoms with Crippen LogP contribution in [0.2, 0.25) is 0 Å². The first-order chi connectivity index (χ1) is 14.2. The minimum Gasteiger partial charge on any atom is -0.478 e. The molecule has 2 aliphatic rings. The highest BCUT2D eigenvalue weighted by atomic mass is 16.5. The Morgan fingerprint density at radius 3 is 2.38 bits per heavy atom. The van der Waals surface area contributed by atoms with Crippen LogP contribution in [-0.4, -0.2) is 11.8 Å². The van der Waals surface area contributed by atoms with Gasteiger partial charge in [-0.05, 0) is 40.8 Å². The van der Waals surface area contributed by atoms with Crippen molar-refractivity contribution in [3.8, 4) is 16.9 Å². The molecule has 0 aromatic heterocycles. The largest absolute Gasteiger partial charge is 0.478 e. The highest BCUT2D eigenvalue weighted by molar-refractivity contribution is 5.87. The molecule has 1 aliphatic carbocycles. The van der Waals surface area contributed by atoms with Crippen LogP contribution in [0.15, 0.2) is 84.4 Å². The fraction of sp³-hybridized carbons (Fsp3) is 0.148. The van der Waals surface area contributed by atoms with Gasteiger partial charge in [0.15, 0.2) is 11.4 Å². The van der Waals surface area contributed by atoms with E-state index in [4.69, 9.17) is 9.73 Å². The molecule has 0 amide bonds. The molecular weight excluding hydrogens is 354 g/mol. The Hall–Kier alpha value is -3.39. The van der Waals surface area contributed by atoms with Crippen LogP contribution in [0.1, 0.15) is 22.3 Å². The van der Waals surface area contributed by atoms with Gasteiger partial charge in [-0.25, -0.2) is 0 Å². The lowest BCUT2D eigenvalue weighted by molar-refractivity contribution is 0.154. The summed E-state index contributed by atoms with van der Waals surface area (Å²) in [5.74, 6) is 0.871. The summed E-state index contributed by atoms with van der Waals surface area (Å²) >= 11 is 0. The van der Waals surface area contributed by atoms with Crippen molar-refractivity contribution < 1.29 is 4.74 Å². The molecule has 0 unspecified atom stereocenters. The first-order valence-corrected chi connectivity index (χ1v) is 10.0. The van der Waals surface area contributed by atoms with Gasteiger partial charge in [0.25, 0.3) is 0 Å². The fourth-order valence-electron chi connectivity index (χ4n) is 4.44. The SMILES string of the molecule is C=C/C=C\c1c(C)c(-c2ccccc2)cc2c1OC1(C=N2)Cc2ccccc2C1. The second kappa shape index (κ2) is 6.89. The molecule has 3 aromatic carbocycles. The lowest BCUT2D eigenvalue weighted by Gasteiger charge is -2.32. The van der Waals surface area contributed by atoms with Crippen molar-refractivity contribution in [2.45, 2.75) is 25.4 Å². The van der Waals surface area contributed by atoms with Crippen molar-refractivity contribution in [3.05, 3.63) is 102 Å². The maximum absolute atomic E-state index is 6.73. The number of allylic oxidation sites excluding steroid dienone is 2. The number of nitrogens with zero attached hydrogens (tertiary/aromatic N) is 1. The van der Waals surface area contributed by atoms with Crippen molar-refractivity contribution in [2.75, 3.05) is 0 Å². The summed E-state index contributed by atoms with van der Waals surface area (Å²) in [6.07, 6.45) is 9.58. The van der Waals surface area contributed by atoms with E-state index in [2.05, 4.69) is 74.2 Å². The molecule has 142 valence electrons. The number of aliphatic imine (C=N–C) groups is 1. The molecule has 0 N–H and O–H groups in total. The number of rotatable bonds is 3. The van der Waals surface area contributed by atoms with E-state index in [-0.39, 0.29) is 0 Å². The van der Waals surface area contributed by atoms with Crippen molar-refractivity contribution in [1.82, 2.24) is 0 Å². The van der Waals surface area contributed by atoms with Gasteiger partial charge in [0.1, 0.15) is 5.69 Å². The van der Waals surface area contributed by atoms with Gasteiger partial charge < -0.3 is 4.74 Å². The summed E-state index contributed by atoms with van der Waals surface area (Å²) < 4.78 is 6.73. The van der Waals surface area contributed by atoms with Crippen LogP contribution >= 0.6 is 0 Å². The van der Waals surface area contributed by atoms with Gasteiger partial charge in [0, 0.05) is 24.6 Å². The van der Waals surface area contributed by atoms with E-state index in [1.807, 2.05) is 18.4 Å². The summed E-state index contributed by atoms with van der Waals surface area (Å²) in [5.41, 5.74) is 7.83. The predicted octanol–water partition coefficient (Wildman–Crippen LogP) is 6.49. The second-order valence-electron chi connectivity index (χ2n) is 7.82. The topological polar surface area (TPSA) is 21.6 Å². The molecule has 0 radical (unpaired) electrons. The van der Waals surface area contributed by atoms with Crippen LogP contribution in [0, 0.1) is 6.92 Å². The van der Waals surface area contributed by atoms with E-state index in [1.54, 1.807) is 6.08 Å². The molecule has 5 rings (SSSR count). The summed E-state index contributed by atoms with van der Waals surface area (Å²) in [6.45, 7) is 5.99. The molecule has 0 atom stereocenters. The van der Waals surface area contributed by atoms with Crippen LogP contribution in [-0.2, 0) is 12.8 Å². The third-order valence-corrected chi connectivity index (χ3v) is 5.89. The molecular formula is C27H23NO. The van der Waals surface area contributed by atoms with Gasteiger partial charge in [-0.15, -0.1) is 0 Å². The molecule has 2 nitrogen and oxygen atoms in total. The van der Waals surface area contributed by atoms with E-state index in [0.29, 0.717) is 0 Å². The standard InChI is InChI=1S/C27H23NO/c1-3-4-14-23-19(2)24(20-10-6-5-7-11-20)15-25-26(23)29-27(18-28-25)16-21-12-8-9-13-22(21)17-27/h3-15,18H,1,16-17H2,2H3/b14-4-. The number of fused-ring (bicyclic) bond motifs is 2. The summed E-state index contributed by atoms with van der Waals surface area (Å²) in [4.78, 5) is 4.90. The maximum Gasteiger partial charge on any atom is 0.153 e. The van der Waals surface area contributed by atoms with E-state index in [1.165, 1.54) is 27.8 Å². The summed E-state index contributed by atoms with van der Waals surface area (Å²) in [6, 6.07) is 21.2. The molecule has 0 saturated carbocycles. The van der Waals surface area contributed by atoms with E-state index < -0.39 is 5.60 Å². The Balaban J connectivity index is 1.64. The molecule has 1 spiro atoms. The Bertz CT molecular complexity index is 1130. The zero-order valence-corrected chi connectivity index (χ0v) is 16.6. The van der Waals surface area contributed by atoms with Crippen LogP contribution in [0.5, 0.6) is 5.75 Å². The van der Waals surface area contributed by atoms with Crippen molar-refractivity contribution in [1.29, 1.82) is 0 Å². The molecule has 3 aromatic rings. The second-order valence-corrected chi connectivity index (χ2v) is 7.82. The molecule has 0 bridgehead atoms. The first kappa shape index (κ1) is 17.7. The van der Waals surface area contributed by atoms with Crippen molar-refractivity contribution in [2.24, 2.45) is 4.99 Å². The van der Waals surface area contributed by atoms with Gasteiger partial charge >= 0.3 is 0 Å². The zero-order chi connectivity index (χ0) is 19.8. The zero-order valence-electron chi connectivity index (χ0n) is 16.6. The molecule has 29 heavy (non-hydrogen) atoms. The predicted molar refractivity (Wildman–Crippen MR) is 121 cm³/mol.